The summed E-state index contributed by atoms with van der Waals surface area (Å²) in [6, 6.07) is 14.6. The topological polar surface area (TPSA) is 45.4 Å². The van der Waals surface area contributed by atoms with Crippen LogP contribution in [0.2, 0.25) is 0 Å². The maximum Gasteiger partial charge on any atom is 0.0501 e. The van der Waals surface area contributed by atoms with Crippen molar-refractivity contribution in [2.45, 2.75) is 6.42 Å². The van der Waals surface area contributed by atoms with Crippen molar-refractivity contribution >= 4 is 11.4 Å². The second kappa shape index (κ2) is 6.59. The van der Waals surface area contributed by atoms with Crippen molar-refractivity contribution in [3.05, 3.63) is 54.4 Å². The number of hydrogen-bond donors (Lipinski definition) is 1. The first kappa shape index (κ1) is 13.9. The van der Waals surface area contributed by atoms with Crippen molar-refractivity contribution in [3.63, 3.8) is 0 Å². The minimum Gasteiger partial charge on any atom is -0.397 e. The van der Waals surface area contributed by atoms with Crippen LogP contribution in [0.1, 0.15) is 5.69 Å². The third-order valence-electron chi connectivity index (χ3n) is 4.03. The fourth-order valence-corrected chi connectivity index (χ4v) is 2.72. The first-order chi connectivity index (χ1) is 10.3. The van der Waals surface area contributed by atoms with Gasteiger partial charge in [0.15, 0.2) is 0 Å². The lowest BCUT2D eigenvalue weighted by atomic mass is 10.2. The molecule has 0 atom stereocenters. The molecule has 3 rings (SSSR count). The van der Waals surface area contributed by atoms with Crippen LogP contribution in [0.25, 0.3) is 0 Å². The Morgan fingerprint density at radius 1 is 0.952 bits per heavy atom. The van der Waals surface area contributed by atoms with Crippen molar-refractivity contribution < 1.29 is 0 Å². The van der Waals surface area contributed by atoms with Crippen LogP contribution in [0.3, 0.4) is 0 Å². The number of anilines is 2. The Morgan fingerprint density at radius 2 is 1.71 bits per heavy atom. The summed E-state index contributed by atoms with van der Waals surface area (Å²) in [4.78, 5) is 9.33. The Morgan fingerprint density at radius 3 is 2.38 bits per heavy atom. The number of aromatic nitrogens is 1. The molecule has 1 aromatic heterocycles. The van der Waals surface area contributed by atoms with E-state index < -0.39 is 0 Å². The highest BCUT2D eigenvalue weighted by Crippen LogP contribution is 2.15. The van der Waals surface area contributed by atoms with Gasteiger partial charge in [0.2, 0.25) is 0 Å². The number of pyridine rings is 1. The van der Waals surface area contributed by atoms with Gasteiger partial charge in [-0.05, 0) is 24.3 Å². The molecule has 1 aliphatic rings. The molecular weight excluding hydrogens is 260 g/mol. The molecule has 0 saturated carbocycles. The maximum atomic E-state index is 5.66. The van der Waals surface area contributed by atoms with E-state index >= 15 is 0 Å². The van der Waals surface area contributed by atoms with Crippen LogP contribution in [0, 0.1) is 0 Å². The normalized spacial score (nSPS) is 16.1. The van der Waals surface area contributed by atoms with E-state index in [1.807, 2.05) is 12.1 Å². The summed E-state index contributed by atoms with van der Waals surface area (Å²) >= 11 is 0. The SMILES string of the molecule is Nc1ccc(CCN2CCN(c3ccccc3)CC2)nc1. The Labute approximate surface area is 126 Å². The van der Waals surface area contributed by atoms with Gasteiger partial charge < -0.3 is 10.6 Å². The van der Waals surface area contributed by atoms with Crippen LogP contribution < -0.4 is 10.6 Å². The highest BCUT2D eigenvalue weighted by Gasteiger charge is 2.16. The molecular formula is C17H22N4. The molecule has 1 aliphatic heterocycles. The van der Waals surface area contributed by atoms with Gasteiger partial charge in [-0.25, -0.2) is 0 Å². The van der Waals surface area contributed by atoms with E-state index in [0.717, 1.165) is 50.5 Å². The average molecular weight is 282 g/mol. The third-order valence-corrected chi connectivity index (χ3v) is 4.03. The summed E-state index contributed by atoms with van der Waals surface area (Å²) in [5, 5.41) is 0. The third kappa shape index (κ3) is 3.73. The van der Waals surface area contributed by atoms with E-state index in [4.69, 9.17) is 5.73 Å². The Kier molecular flexibility index (Phi) is 4.36. The zero-order chi connectivity index (χ0) is 14.5. The molecule has 1 fully saturated rings. The summed E-state index contributed by atoms with van der Waals surface area (Å²) in [6.07, 6.45) is 2.73. The summed E-state index contributed by atoms with van der Waals surface area (Å²) in [6.45, 7) is 5.49. The molecule has 0 bridgehead atoms. The first-order valence-electron chi connectivity index (χ1n) is 7.54. The molecule has 0 unspecified atom stereocenters. The second-order valence-corrected chi connectivity index (χ2v) is 5.50. The van der Waals surface area contributed by atoms with Gasteiger partial charge in [-0.2, -0.15) is 0 Å². The van der Waals surface area contributed by atoms with E-state index in [-0.39, 0.29) is 0 Å². The molecule has 110 valence electrons. The van der Waals surface area contributed by atoms with Gasteiger partial charge in [-0.15, -0.1) is 0 Å². The molecule has 0 amide bonds. The lowest BCUT2D eigenvalue weighted by Gasteiger charge is -2.36. The molecule has 0 aliphatic carbocycles. The Balaban J connectivity index is 1.47. The van der Waals surface area contributed by atoms with Gasteiger partial charge in [0, 0.05) is 50.5 Å². The summed E-state index contributed by atoms with van der Waals surface area (Å²) in [5.41, 5.74) is 8.84. The van der Waals surface area contributed by atoms with E-state index in [1.165, 1.54) is 5.69 Å². The molecule has 0 spiro atoms. The van der Waals surface area contributed by atoms with Crippen LogP contribution in [-0.2, 0) is 6.42 Å². The number of nitrogens with two attached hydrogens (primary N) is 1. The van der Waals surface area contributed by atoms with Gasteiger partial charge in [-0.3, -0.25) is 9.88 Å². The van der Waals surface area contributed by atoms with Gasteiger partial charge in [0.05, 0.1) is 11.9 Å². The van der Waals surface area contributed by atoms with Crippen LogP contribution in [-0.4, -0.2) is 42.6 Å². The Bertz CT molecular complexity index is 545. The van der Waals surface area contributed by atoms with E-state index in [2.05, 4.69) is 45.1 Å². The number of nitrogen functional groups attached to an aromatic ring is 1. The molecule has 21 heavy (non-hydrogen) atoms. The van der Waals surface area contributed by atoms with Gasteiger partial charge in [0.25, 0.3) is 0 Å². The van der Waals surface area contributed by atoms with Crippen molar-refractivity contribution in [2.24, 2.45) is 0 Å². The highest BCUT2D eigenvalue weighted by atomic mass is 15.3. The quantitative estimate of drug-likeness (QED) is 0.932. The van der Waals surface area contributed by atoms with Crippen molar-refractivity contribution in [2.75, 3.05) is 43.4 Å². The minimum atomic E-state index is 0.732. The minimum absolute atomic E-state index is 0.732. The molecule has 2 aromatic rings. The summed E-state index contributed by atoms with van der Waals surface area (Å²) in [5.74, 6) is 0. The van der Waals surface area contributed by atoms with Crippen molar-refractivity contribution in [1.29, 1.82) is 0 Å². The number of para-hydroxylation sites is 1. The number of rotatable bonds is 4. The second-order valence-electron chi connectivity index (χ2n) is 5.50. The fraction of sp³-hybridized carbons (Fsp3) is 0.353. The van der Waals surface area contributed by atoms with E-state index in [9.17, 15) is 0 Å². The van der Waals surface area contributed by atoms with Gasteiger partial charge in [-0.1, -0.05) is 18.2 Å². The number of hydrogen-bond acceptors (Lipinski definition) is 4. The van der Waals surface area contributed by atoms with Crippen LogP contribution in [0.4, 0.5) is 11.4 Å². The summed E-state index contributed by atoms with van der Waals surface area (Å²) in [7, 11) is 0. The van der Waals surface area contributed by atoms with Crippen molar-refractivity contribution in [3.8, 4) is 0 Å². The lowest BCUT2D eigenvalue weighted by Crippen LogP contribution is -2.47. The van der Waals surface area contributed by atoms with Crippen LogP contribution >= 0.6 is 0 Å². The molecule has 1 aromatic carbocycles. The first-order valence-corrected chi connectivity index (χ1v) is 7.54. The molecule has 2 heterocycles. The molecule has 4 heteroatoms. The monoisotopic (exact) mass is 282 g/mol. The summed E-state index contributed by atoms with van der Waals surface area (Å²) < 4.78 is 0. The van der Waals surface area contributed by atoms with Crippen LogP contribution in [0.5, 0.6) is 0 Å². The average Bonchev–Trinajstić information content (AvgIpc) is 2.56. The van der Waals surface area contributed by atoms with Gasteiger partial charge >= 0.3 is 0 Å². The smallest absolute Gasteiger partial charge is 0.0501 e. The van der Waals surface area contributed by atoms with Crippen LogP contribution in [0.15, 0.2) is 48.7 Å². The molecule has 4 nitrogen and oxygen atoms in total. The zero-order valence-corrected chi connectivity index (χ0v) is 12.3. The predicted octanol–water partition coefficient (Wildman–Crippen LogP) is 2.03. The molecule has 0 radical (unpaired) electrons. The largest absolute Gasteiger partial charge is 0.397 e. The van der Waals surface area contributed by atoms with E-state index in [1.54, 1.807) is 6.20 Å². The Hall–Kier alpha value is -2.07. The number of benzene rings is 1. The lowest BCUT2D eigenvalue weighted by molar-refractivity contribution is 0.260. The highest BCUT2D eigenvalue weighted by molar-refractivity contribution is 5.46. The number of nitrogens with zero attached hydrogens (tertiary/aromatic N) is 3. The molecule has 2 N–H and O–H groups in total. The van der Waals surface area contributed by atoms with E-state index in [0.29, 0.717) is 0 Å². The molecule has 1 saturated heterocycles. The standard InChI is InChI=1S/C17H22N4/c18-15-6-7-16(19-14-15)8-9-20-10-12-21(13-11-20)17-4-2-1-3-5-17/h1-7,14H,8-13,18H2. The maximum absolute atomic E-state index is 5.66. The van der Waals surface area contributed by atoms with Crippen molar-refractivity contribution in [1.82, 2.24) is 9.88 Å². The fourth-order valence-electron chi connectivity index (χ4n) is 2.72. The number of piperazine rings is 1. The zero-order valence-electron chi connectivity index (χ0n) is 12.3. The predicted molar refractivity (Wildman–Crippen MR) is 87.4 cm³/mol. The van der Waals surface area contributed by atoms with Gasteiger partial charge in [0.1, 0.15) is 0 Å².